The topological polar surface area (TPSA) is 108 Å². The molecule has 0 saturated heterocycles. The minimum atomic E-state index is -1.08. The van der Waals surface area contributed by atoms with Crippen molar-refractivity contribution in [3.63, 3.8) is 0 Å². The minimum Gasteiger partial charge on any atom is -0.485 e. The third kappa shape index (κ3) is 4.56. The SMILES string of the molecule is COC[C@@]12SC(N)=N[C@](C)(c3cc(Nc4nccc5cc(OCc6ncc(Cl)s6)cnc45)cc(F)c3F)C1C2C. The van der Waals surface area contributed by atoms with Gasteiger partial charge in [0.15, 0.2) is 22.6 Å². The summed E-state index contributed by atoms with van der Waals surface area (Å²) in [7, 11) is 1.62. The van der Waals surface area contributed by atoms with E-state index >= 15 is 8.78 Å². The molecule has 0 spiro atoms. The average molecular weight is 603 g/mol. The molecule has 4 heterocycles. The number of nitrogens with two attached hydrogens (primary N) is 1. The predicted octanol–water partition coefficient (Wildman–Crippen LogP) is 6.27. The fourth-order valence-corrected chi connectivity index (χ4v) is 8.30. The quantitative estimate of drug-likeness (QED) is 0.243. The molecule has 1 aliphatic heterocycles. The van der Waals surface area contributed by atoms with Gasteiger partial charge in [0.05, 0.1) is 29.3 Å². The summed E-state index contributed by atoms with van der Waals surface area (Å²) in [5.74, 6) is -0.965. The molecule has 1 fully saturated rings. The Morgan fingerprint density at radius 3 is 2.75 bits per heavy atom. The van der Waals surface area contributed by atoms with Gasteiger partial charge in [-0.15, -0.1) is 11.3 Å². The lowest BCUT2D eigenvalue weighted by molar-refractivity contribution is 0.183. The Kier molecular flexibility index (Phi) is 6.84. The number of halogens is 3. The lowest BCUT2D eigenvalue weighted by atomic mass is 9.84. The molecule has 0 radical (unpaired) electrons. The predicted molar refractivity (Wildman–Crippen MR) is 154 cm³/mol. The Morgan fingerprint density at radius 1 is 1.18 bits per heavy atom. The van der Waals surface area contributed by atoms with Gasteiger partial charge < -0.3 is 20.5 Å². The van der Waals surface area contributed by atoms with Crippen molar-refractivity contribution in [2.24, 2.45) is 22.6 Å². The second-order valence-corrected chi connectivity index (χ2v) is 13.2. The largest absolute Gasteiger partial charge is 0.485 e. The van der Waals surface area contributed by atoms with Crippen LogP contribution in [0.2, 0.25) is 4.34 Å². The van der Waals surface area contributed by atoms with E-state index in [2.05, 4.69) is 32.2 Å². The smallest absolute Gasteiger partial charge is 0.164 e. The number of methoxy groups -OCH3 is 1. The number of thiazole rings is 1. The summed E-state index contributed by atoms with van der Waals surface area (Å²) >= 11 is 8.73. The summed E-state index contributed by atoms with van der Waals surface area (Å²) in [6, 6.07) is 6.29. The number of thioether (sulfide) groups is 1. The summed E-state index contributed by atoms with van der Waals surface area (Å²) < 4.78 is 42.0. The van der Waals surface area contributed by atoms with E-state index < -0.39 is 17.2 Å². The highest BCUT2D eigenvalue weighted by Crippen LogP contribution is 2.69. The standard InChI is InChI=1S/C27H25ClF2N6O2S2/c1-13-23-26(2,36-25(31)40-27(13,23)12-37-3)17-7-15(8-18(29)21(17)30)35-24-22-14(4-5-32-24)6-16(9-34-22)38-11-20-33-10-19(28)39-20/h4-10,13,23H,11-12H2,1-3H3,(H2,31,36)(H,32,35)/t13?,23?,26-,27+/m1/s1. The van der Waals surface area contributed by atoms with Gasteiger partial charge in [0.1, 0.15) is 27.2 Å². The number of aliphatic imine (C=N–C) groups is 1. The number of pyridine rings is 2. The molecule has 2 aliphatic rings. The molecule has 8 nitrogen and oxygen atoms in total. The number of ether oxygens (including phenoxy) is 2. The Morgan fingerprint density at radius 2 is 2.00 bits per heavy atom. The van der Waals surface area contributed by atoms with Crippen molar-refractivity contribution < 1.29 is 18.3 Å². The van der Waals surface area contributed by atoms with Crippen molar-refractivity contribution in [1.82, 2.24) is 15.0 Å². The zero-order valence-electron chi connectivity index (χ0n) is 21.7. The number of aromatic nitrogens is 3. The fraction of sp³-hybridized carbons (Fsp3) is 0.333. The van der Waals surface area contributed by atoms with Gasteiger partial charge in [-0.25, -0.2) is 23.7 Å². The molecule has 13 heteroatoms. The molecule has 1 aromatic carbocycles. The fourth-order valence-electron chi connectivity index (χ4n) is 5.81. The lowest BCUT2D eigenvalue weighted by Crippen LogP contribution is -2.37. The van der Waals surface area contributed by atoms with Crippen LogP contribution in [0.5, 0.6) is 5.75 Å². The zero-order valence-corrected chi connectivity index (χ0v) is 24.1. The maximum Gasteiger partial charge on any atom is 0.164 e. The number of rotatable bonds is 8. The maximum absolute atomic E-state index is 15.4. The molecule has 0 bridgehead atoms. The first kappa shape index (κ1) is 27.1. The molecule has 40 heavy (non-hydrogen) atoms. The Hall–Kier alpha value is -3.06. The number of nitrogens with zero attached hydrogens (tertiary/aromatic N) is 4. The summed E-state index contributed by atoms with van der Waals surface area (Å²) in [5, 5.41) is 4.94. The minimum absolute atomic E-state index is 0.0856. The number of nitrogens with one attached hydrogen (secondary N) is 1. The highest BCUT2D eigenvalue weighted by Gasteiger charge is 2.72. The van der Waals surface area contributed by atoms with Crippen LogP contribution < -0.4 is 15.8 Å². The van der Waals surface area contributed by atoms with Gasteiger partial charge in [-0.3, -0.25) is 4.99 Å². The molecule has 4 aromatic rings. The van der Waals surface area contributed by atoms with E-state index in [0.29, 0.717) is 38.9 Å². The van der Waals surface area contributed by atoms with Gasteiger partial charge in [0.25, 0.3) is 0 Å². The van der Waals surface area contributed by atoms with Crippen LogP contribution in [0.25, 0.3) is 10.9 Å². The van der Waals surface area contributed by atoms with Crippen LogP contribution in [-0.2, 0) is 16.9 Å². The Balaban J connectivity index is 1.31. The summed E-state index contributed by atoms with van der Waals surface area (Å²) in [6.45, 7) is 4.56. The van der Waals surface area contributed by atoms with Crippen LogP contribution in [0.15, 0.2) is 47.8 Å². The number of amidine groups is 1. The normalized spacial score (nSPS) is 25.4. The van der Waals surface area contributed by atoms with E-state index in [0.717, 1.165) is 16.5 Å². The number of anilines is 2. The van der Waals surface area contributed by atoms with Crippen LogP contribution >= 0.6 is 34.7 Å². The first-order valence-electron chi connectivity index (χ1n) is 12.4. The van der Waals surface area contributed by atoms with Gasteiger partial charge in [0, 0.05) is 41.9 Å². The van der Waals surface area contributed by atoms with E-state index in [-0.39, 0.29) is 28.8 Å². The average Bonchev–Trinajstić information content (AvgIpc) is 3.26. The zero-order chi connectivity index (χ0) is 28.2. The van der Waals surface area contributed by atoms with Crippen molar-refractivity contribution in [3.05, 3.63) is 69.4 Å². The van der Waals surface area contributed by atoms with E-state index in [1.165, 1.54) is 23.1 Å². The molecule has 1 saturated carbocycles. The van der Waals surface area contributed by atoms with Crippen LogP contribution in [0.3, 0.4) is 0 Å². The highest BCUT2D eigenvalue weighted by atomic mass is 35.5. The summed E-state index contributed by atoms with van der Waals surface area (Å²) in [5.41, 5.74) is 6.11. The number of hydrogen-bond acceptors (Lipinski definition) is 10. The van der Waals surface area contributed by atoms with Crippen molar-refractivity contribution in [1.29, 1.82) is 0 Å². The number of benzene rings is 1. The van der Waals surface area contributed by atoms with Crippen LogP contribution in [0.4, 0.5) is 20.3 Å². The molecule has 3 N–H and O–H groups in total. The monoisotopic (exact) mass is 602 g/mol. The van der Waals surface area contributed by atoms with Crippen LogP contribution in [0, 0.1) is 23.5 Å². The van der Waals surface area contributed by atoms with Crippen molar-refractivity contribution in [2.75, 3.05) is 19.0 Å². The molecule has 2 unspecified atom stereocenters. The first-order chi connectivity index (χ1) is 19.1. The van der Waals surface area contributed by atoms with E-state index in [1.54, 1.807) is 44.8 Å². The van der Waals surface area contributed by atoms with Crippen molar-refractivity contribution in [3.8, 4) is 5.75 Å². The van der Waals surface area contributed by atoms with E-state index in [4.69, 9.17) is 26.8 Å². The van der Waals surface area contributed by atoms with Gasteiger partial charge in [-0.05, 0) is 31.0 Å². The molecular weight excluding hydrogens is 578 g/mol. The van der Waals surface area contributed by atoms with Crippen molar-refractivity contribution in [2.45, 2.75) is 30.7 Å². The third-order valence-corrected chi connectivity index (χ3v) is 10.1. The Bertz CT molecular complexity index is 1650. The molecule has 0 amide bonds. The van der Waals surface area contributed by atoms with E-state index in [9.17, 15) is 0 Å². The van der Waals surface area contributed by atoms with E-state index in [1.807, 2.05) is 6.07 Å². The van der Waals surface area contributed by atoms with Crippen molar-refractivity contribution >= 4 is 62.3 Å². The lowest BCUT2D eigenvalue weighted by Gasteiger charge is -2.34. The molecule has 208 valence electrons. The molecular formula is C27H25ClF2N6O2S2. The maximum atomic E-state index is 15.4. The second kappa shape index (κ2) is 10.1. The van der Waals surface area contributed by atoms with Gasteiger partial charge in [-0.1, -0.05) is 30.3 Å². The van der Waals surface area contributed by atoms with Crippen LogP contribution in [-0.4, -0.2) is 38.6 Å². The highest BCUT2D eigenvalue weighted by molar-refractivity contribution is 8.15. The van der Waals surface area contributed by atoms with Gasteiger partial charge in [-0.2, -0.15) is 0 Å². The Labute approximate surface area is 242 Å². The molecule has 3 aromatic heterocycles. The third-order valence-electron chi connectivity index (χ3n) is 7.60. The van der Waals surface area contributed by atoms with Gasteiger partial charge >= 0.3 is 0 Å². The summed E-state index contributed by atoms with van der Waals surface area (Å²) in [6.07, 6.45) is 4.75. The summed E-state index contributed by atoms with van der Waals surface area (Å²) in [4.78, 5) is 17.7. The number of fused-ring (bicyclic) bond motifs is 2. The molecule has 1 aliphatic carbocycles. The molecule has 4 atom stereocenters. The van der Waals surface area contributed by atoms with Crippen LogP contribution in [0.1, 0.15) is 24.4 Å². The second-order valence-electron chi connectivity index (χ2n) is 10.0. The molecule has 6 rings (SSSR count). The number of hydrogen-bond donors (Lipinski definition) is 2. The van der Waals surface area contributed by atoms with Gasteiger partial charge in [0.2, 0.25) is 0 Å². The first-order valence-corrected chi connectivity index (χ1v) is 14.4.